The van der Waals surface area contributed by atoms with Gasteiger partial charge in [0, 0.05) is 17.9 Å². The number of nitrogens with one attached hydrogen (secondary N) is 2. The summed E-state index contributed by atoms with van der Waals surface area (Å²) < 4.78 is 5.04. The number of amides is 2. The van der Waals surface area contributed by atoms with Gasteiger partial charge in [0.2, 0.25) is 11.8 Å². The first-order valence-electron chi connectivity index (χ1n) is 9.52. The van der Waals surface area contributed by atoms with Crippen LogP contribution in [-0.2, 0) is 19.2 Å². The van der Waals surface area contributed by atoms with Crippen molar-refractivity contribution in [3.05, 3.63) is 29.8 Å². The van der Waals surface area contributed by atoms with E-state index in [0.717, 1.165) is 5.56 Å². The van der Waals surface area contributed by atoms with Crippen LogP contribution in [-0.4, -0.2) is 76.3 Å². The third kappa shape index (κ3) is 10.2. The quantitative estimate of drug-likeness (QED) is 0.203. The van der Waals surface area contributed by atoms with E-state index in [1.54, 1.807) is 18.2 Å². The number of aromatic hydroxyl groups is 1. The van der Waals surface area contributed by atoms with Crippen LogP contribution in [0.2, 0.25) is 0 Å². The molecular formula is C20H27N3O8S. The van der Waals surface area contributed by atoms with Gasteiger partial charge in [0.15, 0.2) is 11.5 Å². The van der Waals surface area contributed by atoms with Crippen LogP contribution in [0.15, 0.2) is 24.3 Å². The van der Waals surface area contributed by atoms with Crippen molar-refractivity contribution < 1.29 is 39.2 Å². The SMILES string of the molecule is COc1cc(C=CCSC[C@H](NC(=O)CC[C@H](N)C(=O)O)C(=O)NCC(=O)O)ccc1O. The fraction of sp³-hybridized carbons (Fsp3) is 0.400. The number of carbonyl (C=O) groups excluding carboxylic acids is 2. The molecule has 1 rings (SSSR count). The molecule has 0 unspecified atom stereocenters. The van der Waals surface area contributed by atoms with Gasteiger partial charge in [-0.25, -0.2) is 0 Å². The third-order valence-electron chi connectivity index (χ3n) is 4.08. The number of carboxylic acid groups (broad SMARTS) is 2. The topological polar surface area (TPSA) is 188 Å². The van der Waals surface area contributed by atoms with Crippen LogP contribution >= 0.6 is 11.8 Å². The molecule has 0 aliphatic rings. The van der Waals surface area contributed by atoms with Gasteiger partial charge in [0.05, 0.1) is 7.11 Å². The Balaban J connectivity index is 2.62. The van der Waals surface area contributed by atoms with Gasteiger partial charge in [-0.3, -0.25) is 19.2 Å². The molecule has 0 heterocycles. The van der Waals surface area contributed by atoms with Crippen molar-refractivity contribution in [3.8, 4) is 11.5 Å². The first kappa shape index (κ1) is 26.8. The van der Waals surface area contributed by atoms with Crippen molar-refractivity contribution in [3.63, 3.8) is 0 Å². The van der Waals surface area contributed by atoms with Gasteiger partial charge in [0.1, 0.15) is 18.6 Å². The van der Waals surface area contributed by atoms with Crippen molar-refractivity contribution in [2.75, 3.05) is 25.2 Å². The van der Waals surface area contributed by atoms with E-state index in [1.165, 1.54) is 24.9 Å². The molecule has 0 saturated heterocycles. The van der Waals surface area contributed by atoms with Gasteiger partial charge in [-0.2, -0.15) is 11.8 Å². The Bertz CT molecular complexity index is 846. The molecule has 0 spiro atoms. The second kappa shape index (κ2) is 13.9. The van der Waals surface area contributed by atoms with Gasteiger partial charge in [-0.15, -0.1) is 0 Å². The first-order chi connectivity index (χ1) is 15.1. The van der Waals surface area contributed by atoms with E-state index < -0.39 is 42.4 Å². The molecule has 11 nitrogen and oxygen atoms in total. The fourth-order valence-corrected chi connectivity index (χ4v) is 3.22. The minimum Gasteiger partial charge on any atom is -0.504 e. The molecular weight excluding hydrogens is 442 g/mol. The average Bonchev–Trinajstić information content (AvgIpc) is 2.75. The molecule has 7 N–H and O–H groups in total. The van der Waals surface area contributed by atoms with Crippen LogP contribution in [0.25, 0.3) is 6.08 Å². The summed E-state index contributed by atoms with van der Waals surface area (Å²) in [5.74, 6) is -2.70. The molecule has 2 amide bonds. The number of methoxy groups -OCH3 is 1. The lowest BCUT2D eigenvalue weighted by Crippen LogP contribution is -2.49. The van der Waals surface area contributed by atoms with E-state index >= 15 is 0 Å². The number of phenols is 1. The average molecular weight is 470 g/mol. The molecule has 0 aliphatic heterocycles. The van der Waals surface area contributed by atoms with Gasteiger partial charge in [-0.05, 0) is 24.1 Å². The Hall–Kier alpha value is -3.25. The summed E-state index contributed by atoms with van der Waals surface area (Å²) >= 11 is 1.32. The highest BCUT2D eigenvalue weighted by Crippen LogP contribution is 2.26. The zero-order valence-electron chi connectivity index (χ0n) is 17.4. The lowest BCUT2D eigenvalue weighted by molar-refractivity contribution is -0.139. The zero-order chi connectivity index (χ0) is 24.1. The summed E-state index contributed by atoms with van der Waals surface area (Å²) in [5, 5.41) is 31.8. The Labute approximate surface area is 189 Å². The standard InChI is InChI=1S/C20H27N3O8S/c1-31-16-9-12(4-6-15(16)24)3-2-8-32-11-14(19(28)22-10-18(26)27)23-17(25)7-5-13(21)20(29)30/h2-4,6,9,13-14,24H,5,7-8,10-11,21H2,1H3,(H,22,28)(H,23,25)(H,26,27)(H,29,30)/t13-,14-/m0/s1. The molecule has 1 aromatic carbocycles. The van der Waals surface area contributed by atoms with Gasteiger partial charge >= 0.3 is 11.9 Å². The number of thioether (sulfide) groups is 1. The normalized spacial score (nSPS) is 12.7. The maximum atomic E-state index is 12.2. The highest BCUT2D eigenvalue weighted by atomic mass is 32.2. The Morgan fingerprint density at radius 2 is 1.97 bits per heavy atom. The zero-order valence-corrected chi connectivity index (χ0v) is 18.3. The molecule has 2 atom stereocenters. The molecule has 0 fully saturated rings. The molecule has 0 aliphatic carbocycles. The number of ether oxygens (including phenoxy) is 1. The van der Waals surface area contributed by atoms with Gasteiger partial charge in [0.25, 0.3) is 0 Å². The minimum atomic E-state index is -1.23. The van der Waals surface area contributed by atoms with Crippen molar-refractivity contribution in [1.29, 1.82) is 0 Å². The maximum absolute atomic E-state index is 12.2. The Kier molecular flexibility index (Phi) is 11.7. The number of phenolic OH excluding ortho intramolecular Hbond substituents is 1. The third-order valence-corrected chi connectivity index (χ3v) is 5.08. The van der Waals surface area contributed by atoms with Crippen molar-refractivity contribution >= 4 is 41.6 Å². The monoisotopic (exact) mass is 469 g/mol. The molecule has 176 valence electrons. The van der Waals surface area contributed by atoms with Crippen LogP contribution < -0.4 is 21.1 Å². The molecule has 32 heavy (non-hydrogen) atoms. The van der Waals surface area contributed by atoms with E-state index in [9.17, 15) is 24.3 Å². The lowest BCUT2D eigenvalue weighted by Gasteiger charge is -2.18. The minimum absolute atomic E-state index is 0.0225. The summed E-state index contributed by atoms with van der Waals surface area (Å²) in [6, 6.07) is 2.65. The van der Waals surface area contributed by atoms with Gasteiger partial charge < -0.3 is 36.4 Å². The number of carboxylic acids is 2. The van der Waals surface area contributed by atoms with Crippen LogP contribution in [0.3, 0.4) is 0 Å². The van der Waals surface area contributed by atoms with Crippen molar-refractivity contribution in [1.82, 2.24) is 10.6 Å². The summed E-state index contributed by atoms with van der Waals surface area (Å²) in [6.07, 6.45) is 3.32. The fourth-order valence-electron chi connectivity index (χ4n) is 2.38. The number of carbonyl (C=O) groups is 4. The molecule has 0 saturated carbocycles. The second-order valence-electron chi connectivity index (χ2n) is 6.59. The van der Waals surface area contributed by atoms with Gasteiger partial charge in [-0.1, -0.05) is 18.2 Å². The Morgan fingerprint density at radius 1 is 1.25 bits per heavy atom. The van der Waals surface area contributed by atoms with E-state index in [2.05, 4.69) is 10.6 Å². The van der Waals surface area contributed by atoms with E-state index in [1.807, 2.05) is 6.08 Å². The predicted octanol–water partition coefficient (Wildman–Crippen LogP) is 0.0249. The molecule has 12 heteroatoms. The van der Waals surface area contributed by atoms with E-state index in [0.29, 0.717) is 11.5 Å². The first-order valence-corrected chi connectivity index (χ1v) is 10.7. The summed E-state index contributed by atoms with van der Waals surface area (Å²) in [7, 11) is 1.44. The van der Waals surface area contributed by atoms with Crippen molar-refractivity contribution in [2.24, 2.45) is 5.73 Å². The number of hydrogen-bond acceptors (Lipinski definition) is 8. The summed E-state index contributed by atoms with van der Waals surface area (Å²) in [5.41, 5.74) is 6.16. The largest absolute Gasteiger partial charge is 0.504 e. The smallest absolute Gasteiger partial charge is 0.322 e. The maximum Gasteiger partial charge on any atom is 0.322 e. The number of hydrogen-bond donors (Lipinski definition) is 6. The second-order valence-corrected chi connectivity index (χ2v) is 7.66. The molecule has 0 bridgehead atoms. The lowest BCUT2D eigenvalue weighted by atomic mass is 10.1. The highest BCUT2D eigenvalue weighted by molar-refractivity contribution is 7.99. The predicted molar refractivity (Wildman–Crippen MR) is 118 cm³/mol. The number of aliphatic carboxylic acids is 2. The van der Waals surface area contributed by atoms with Crippen LogP contribution in [0.4, 0.5) is 0 Å². The summed E-state index contributed by atoms with van der Waals surface area (Å²) in [6.45, 7) is -0.595. The van der Waals surface area contributed by atoms with Crippen molar-refractivity contribution in [2.45, 2.75) is 24.9 Å². The van der Waals surface area contributed by atoms with Crippen LogP contribution in [0, 0.1) is 0 Å². The number of benzene rings is 1. The van der Waals surface area contributed by atoms with E-state index in [-0.39, 0.29) is 24.3 Å². The molecule has 1 aromatic rings. The van der Waals surface area contributed by atoms with Crippen LogP contribution in [0.5, 0.6) is 11.5 Å². The highest BCUT2D eigenvalue weighted by Gasteiger charge is 2.22. The number of rotatable bonds is 14. The summed E-state index contributed by atoms with van der Waals surface area (Å²) in [4.78, 5) is 45.7. The number of nitrogens with two attached hydrogens (primary N) is 1. The Morgan fingerprint density at radius 3 is 2.59 bits per heavy atom. The van der Waals surface area contributed by atoms with Crippen LogP contribution in [0.1, 0.15) is 18.4 Å². The molecule has 0 aromatic heterocycles. The van der Waals surface area contributed by atoms with E-state index in [4.69, 9.17) is 20.7 Å². The molecule has 0 radical (unpaired) electrons.